The van der Waals surface area contributed by atoms with Gasteiger partial charge in [0.2, 0.25) is 11.8 Å². The van der Waals surface area contributed by atoms with E-state index in [2.05, 4.69) is 19.9 Å². The second-order valence-electron chi connectivity index (χ2n) is 6.36. The largest absolute Gasteiger partial charge is 0.342 e. The minimum atomic E-state index is 0.0512. The first-order valence-corrected chi connectivity index (χ1v) is 8.13. The van der Waals surface area contributed by atoms with E-state index in [1.807, 2.05) is 23.1 Å². The third-order valence-corrected chi connectivity index (χ3v) is 4.21. The van der Waals surface area contributed by atoms with E-state index >= 15 is 0 Å². The first-order chi connectivity index (χ1) is 10.5. The summed E-state index contributed by atoms with van der Waals surface area (Å²) in [5.41, 5.74) is 2.27. The van der Waals surface area contributed by atoms with Crippen LogP contribution in [0.1, 0.15) is 39.2 Å². The van der Waals surface area contributed by atoms with Gasteiger partial charge in [0, 0.05) is 38.7 Å². The minimum Gasteiger partial charge on any atom is -0.342 e. The molecule has 0 spiro atoms. The zero-order chi connectivity index (χ0) is 16.1. The van der Waals surface area contributed by atoms with Gasteiger partial charge in [-0.25, -0.2) is 0 Å². The van der Waals surface area contributed by atoms with Crippen molar-refractivity contribution in [2.45, 2.75) is 40.0 Å². The number of carbonyl (C=O) groups excluding carboxylic acids is 2. The predicted molar refractivity (Wildman–Crippen MR) is 88.8 cm³/mol. The van der Waals surface area contributed by atoms with Crippen LogP contribution in [0.3, 0.4) is 0 Å². The van der Waals surface area contributed by atoms with Crippen LogP contribution < -0.4 is 4.90 Å². The lowest BCUT2D eigenvalue weighted by Crippen LogP contribution is -2.36. The number of hydrogen-bond acceptors (Lipinski definition) is 2. The number of rotatable bonds is 6. The fraction of sp³-hybridized carbons (Fsp3) is 0.556. The Morgan fingerprint density at radius 2 is 1.95 bits per heavy atom. The van der Waals surface area contributed by atoms with Crippen molar-refractivity contribution in [1.29, 1.82) is 0 Å². The van der Waals surface area contributed by atoms with Crippen LogP contribution in [0.25, 0.3) is 0 Å². The molecule has 4 heteroatoms. The van der Waals surface area contributed by atoms with Crippen molar-refractivity contribution >= 4 is 17.5 Å². The quantitative estimate of drug-likeness (QED) is 0.810. The lowest BCUT2D eigenvalue weighted by atomic mass is 10.1. The summed E-state index contributed by atoms with van der Waals surface area (Å²) in [5, 5.41) is 0. The third kappa shape index (κ3) is 4.09. The first kappa shape index (κ1) is 16.5. The molecule has 120 valence electrons. The van der Waals surface area contributed by atoms with E-state index in [0.29, 0.717) is 18.9 Å². The maximum absolute atomic E-state index is 12.5. The molecular formula is C18H26N2O2. The summed E-state index contributed by atoms with van der Waals surface area (Å²) in [4.78, 5) is 27.8. The molecule has 0 fully saturated rings. The number of fused-ring (bicyclic) bond motifs is 1. The smallest absolute Gasteiger partial charge is 0.228 e. The molecule has 0 bridgehead atoms. The Hall–Kier alpha value is -1.84. The standard InChI is InChI=1S/C18H26N2O2/c1-14(2)8-11-19(15(3)21)12-10-18(22)20-13-9-16-6-4-5-7-17(16)20/h4-7,14H,8-13H2,1-3H3. The molecule has 1 heterocycles. The number of carbonyl (C=O) groups is 2. The molecule has 2 rings (SSSR count). The van der Waals surface area contributed by atoms with E-state index in [1.54, 1.807) is 11.8 Å². The minimum absolute atomic E-state index is 0.0512. The number of para-hydroxylation sites is 1. The predicted octanol–water partition coefficient (Wildman–Crippen LogP) is 2.86. The highest BCUT2D eigenvalue weighted by molar-refractivity contribution is 5.95. The topological polar surface area (TPSA) is 40.6 Å². The van der Waals surface area contributed by atoms with Gasteiger partial charge in [0.1, 0.15) is 0 Å². The number of anilines is 1. The van der Waals surface area contributed by atoms with Gasteiger partial charge in [-0.2, -0.15) is 0 Å². The molecule has 4 nitrogen and oxygen atoms in total. The molecule has 0 radical (unpaired) electrons. The fourth-order valence-corrected chi connectivity index (χ4v) is 2.80. The van der Waals surface area contributed by atoms with Crippen molar-refractivity contribution < 1.29 is 9.59 Å². The summed E-state index contributed by atoms with van der Waals surface area (Å²) in [5.74, 6) is 0.721. The summed E-state index contributed by atoms with van der Waals surface area (Å²) in [6, 6.07) is 8.06. The molecule has 0 unspecified atom stereocenters. The number of benzene rings is 1. The van der Waals surface area contributed by atoms with Crippen molar-refractivity contribution in [3.05, 3.63) is 29.8 Å². The van der Waals surface area contributed by atoms with Gasteiger partial charge < -0.3 is 9.80 Å². The highest BCUT2D eigenvalue weighted by Gasteiger charge is 2.24. The molecule has 1 aromatic rings. The molecule has 1 aromatic carbocycles. The van der Waals surface area contributed by atoms with E-state index in [-0.39, 0.29) is 11.8 Å². The van der Waals surface area contributed by atoms with Crippen LogP contribution in [0.4, 0.5) is 5.69 Å². The van der Waals surface area contributed by atoms with Gasteiger partial charge in [-0.3, -0.25) is 9.59 Å². The Bertz CT molecular complexity index is 540. The maximum atomic E-state index is 12.5. The Labute approximate surface area is 133 Å². The molecule has 0 atom stereocenters. The van der Waals surface area contributed by atoms with E-state index in [1.165, 1.54) is 5.56 Å². The molecule has 22 heavy (non-hydrogen) atoms. The lowest BCUT2D eigenvalue weighted by molar-refractivity contribution is -0.129. The second-order valence-corrected chi connectivity index (χ2v) is 6.36. The molecule has 0 saturated carbocycles. The molecule has 0 aromatic heterocycles. The molecule has 0 aliphatic carbocycles. The van der Waals surface area contributed by atoms with Gasteiger partial charge in [0.15, 0.2) is 0 Å². The molecule has 2 amide bonds. The molecule has 1 aliphatic heterocycles. The fourth-order valence-electron chi connectivity index (χ4n) is 2.80. The Kier molecular flexibility index (Phi) is 5.58. The molecular weight excluding hydrogens is 276 g/mol. The summed E-state index contributed by atoms with van der Waals surface area (Å²) < 4.78 is 0. The SMILES string of the molecule is CC(=O)N(CCC(=O)N1CCc2ccccc21)CCC(C)C. The van der Waals surface area contributed by atoms with Gasteiger partial charge in [-0.15, -0.1) is 0 Å². The van der Waals surface area contributed by atoms with Crippen molar-refractivity contribution in [2.24, 2.45) is 5.92 Å². The highest BCUT2D eigenvalue weighted by atomic mass is 16.2. The van der Waals surface area contributed by atoms with Crippen LogP contribution in [0.5, 0.6) is 0 Å². The Balaban J connectivity index is 1.90. The normalized spacial score (nSPS) is 13.4. The average molecular weight is 302 g/mol. The molecule has 0 N–H and O–H groups in total. The number of amides is 2. The third-order valence-electron chi connectivity index (χ3n) is 4.21. The Morgan fingerprint density at radius 3 is 2.64 bits per heavy atom. The van der Waals surface area contributed by atoms with Crippen LogP contribution in [0, 0.1) is 5.92 Å². The average Bonchev–Trinajstić information content (AvgIpc) is 2.90. The second kappa shape index (κ2) is 7.43. The van der Waals surface area contributed by atoms with Crippen LogP contribution >= 0.6 is 0 Å². The summed E-state index contributed by atoms with van der Waals surface area (Å²) in [6.07, 6.45) is 2.29. The zero-order valence-electron chi connectivity index (χ0n) is 13.8. The summed E-state index contributed by atoms with van der Waals surface area (Å²) in [7, 11) is 0. The van der Waals surface area contributed by atoms with Gasteiger partial charge in [0.25, 0.3) is 0 Å². The summed E-state index contributed by atoms with van der Waals surface area (Å²) >= 11 is 0. The van der Waals surface area contributed by atoms with E-state index in [4.69, 9.17) is 0 Å². The van der Waals surface area contributed by atoms with Gasteiger partial charge in [-0.05, 0) is 30.4 Å². The summed E-state index contributed by atoms with van der Waals surface area (Å²) in [6.45, 7) is 7.87. The molecule has 1 aliphatic rings. The van der Waals surface area contributed by atoms with Crippen molar-refractivity contribution in [2.75, 3.05) is 24.5 Å². The van der Waals surface area contributed by atoms with Crippen molar-refractivity contribution in [1.82, 2.24) is 4.90 Å². The monoisotopic (exact) mass is 302 g/mol. The lowest BCUT2D eigenvalue weighted by Gasteiger charge is -2.23. The maximum Gasteiger partial charge on any atom is 0.228 e. The number of nitrogens with zero attached hydrogens (tertiary/aromatic N) is 2. The van der Waals surface area contributed by atoms with E-state index < -0.39 is 0 Å². The van der Waals surface area contributed by atoms with Crippen LogP contribution in [0.2, 0.25) is 0 Å². The van der Waals surface area contributed by atoms with Gasteiger partial charge >= 0.3 is 0 Å². The van der Waals surface area contributed by atoms with Crippen molar-refractivity contribution in [3.8, 4) is 0 Å². The molecule has 0 saturated heterocycles. The number of hydrogen-bond donors (Lipinski definition) is 0. The van der Waals surface area contributed by atoms with E-state index in [0.717, 1.165) is 31.6 Å². The van der Waals surface area contributed by atoms with Crippen LogP contribution in [-0.2, 0) is 16.0 Å². The van der Waals surface area contributed by atoms with E-state index in [9.17, 15) is 9.59 Å². The highest BCUT2D eigenvalue weighted by Crippen LogP contribution is 2.27. The van der Waals surface area contributed by atoms with Gasteiger partial charge in [0.05, 0.1) is 0 Å². The Morgan fingerprint density at radius 1 is 1.23 bits per heavy atom. The van der Waals surface area contributed by atoms with Crippen molar-refractivity contribution in [3.63, 3.8) is 0 Å². The van der Waals surface area contributed by atoms with Crippen LogP contribution in [0.15, 0.2) is 24.3 Å². The van der Waals surface area contributed by atoms with Gasteiger partial charge in [-0.1, -0.05) is 32.0 Å². The van der Waals surface area contributed by atoms with Crippen LogP contribution in [-0.4, -0.2) is 36.3 Å². The first-order valence-electron chi connectivity index (χ1n) is 8.13. The zero-order valence-corrected chi connectivity index (χ0v) is 13.8.